The Hall–Kier alpha value is -4.55. The maximum atomic E-state index is 9.67. The van der Waals surface area contributed by atoms with E-state index in [1.165, 1.54) is 24.6 Å². The molecule has 2 rings (SSSR count). The van der Waals surface area contributed by atoms with E-state index in [4.69, 9.17) is 30.5 Å². The number of aromatic hydroxyl groups is 2. The summed E-state index contributed by atoms with van der Waals surface area (Å²) in [5.74, 6) is 0.841. The van der Waals surface area contributed by atoms with Crippen LogP contribution in [0.4, 0.5) is 0 Å². The highest BCUT2D eigenvalue weighted by molar-refractivity contribution is 5.85. The first kappa shape index (κ1) is 25.5. The summed E-state index contributed by atoms with van der Waals surface area (Å²) in [6.45, 7) is 4.54. The number of nitrogens with one attached hydrogen (secondary N) is 1. The molecule has 0 unspecified atom stereocenters. The standard InChI is InChI=1S/C19H23N5O4.H2NO3/c1-3-27-17-9-13(5-7-15(17)25)11-21-23-19(20)24-22-12-14-6-8-16(26)18(10-14)28-4-2;2-1(3)4/h5-12,25-26H,3-4H2,1-2H3,(H3,20,23,24);(H2,2,3,4)/q;+1/b21-11+,22-12+;. The molecule has 0 saturated carbocycles. The van der Waals surface area contributed by atoms with Gasteiger partial charge in [-0.2, -0.15) is 10.2 Å². The number of hydrazone groups is 1. The van der Waals surface area contributed by atoms with Crippen molar-refractivity contribution in [1.29, 1.82) is 0 Å². The molecule has 13 heteroatoms. The summed E-state index contributed by atoms with van der Waals surface area (Å²) in [5, 5.41) is 43.5. The number of ether oxygens (including phenoxy) is 2. The normalized spacial score (nSPS) is 11.1. The lowest BCUT2D eigenvalue weighted by molar-refractivity contribution is -0.969. The van der Waals surface area contributed by atoms with Crippen molar-refractivity contribution in [3.63, 3.8) is 0 Å². The minimum absolute atomic E-state index is 0.0138. The van der Waals surface area contributed by atoms with Gasteiger partial charge in [0.05, 0.1) is 25.6 Å². The zero-order valence-electron chi connectivity index (χ0n) is 17.4. The number of benzene rings is 2. The van der Waals surface area contributed by atoms with Crippen LogP contribution in [0.15, 0.2) is 51.7 Å². The van der Waals surface area contributed by atoms with Gasteiger partial charge in [0.1, 0.15) is 4.91 Å². The molecule has 0 radical (unpaired) electrons. The van der Waals surface area contributed by atoms with Gasteiger partial charge in [-0.05, 0) is 61.4 Å². The molecule has 0 amide bonds. The van der Waals surface area contributed by atoms with Gasteiger partial charge in [0.15, 0.2) is 23.0 Å². The fourth-order valence-electron chi connectivity index (χ4n) is 2.12. The summed E-state index contributed by atoms with van der Waals surface area (Å²) in [4.78, 5) is 8.47. The van der Waals surface area contributed by atoms with Crippen LogP contribution >= 0.6 is 0 Å². The van der Waals surface area contributed by atoms with Crippen LogP contribution in [0.25, 0.3) is 0 Å². The molecule has 0 fully saturated rings. The second-order valence-corrected chi connectivity index (χ2v) is 5.67. The van der Waals surface area contributed by atoms with E-state index in [1.807, 2.05) is 13.8 Å². The Bertz CT molecular complexity index is 975. The summed E-state index contributed by atoms with van der Waals surface area (Å²) >= 11 is 0. The fourth-order valence-corrected chi connectivity index (χ4v) is 2.12. The van der Waals surface area contributed by atoms with Crippen LogP contribution < -0.4 is 20.6 Å². The number of rotatable bonds is 8. The number of nitrogens with zero attached hydrogens (tertiary/aromatic N) is 4. The Kier molecular flexibility index (Phi) is 10.9. The molecule has 0 heterocycles. The van der Waals surface area contributed by atoms with Crippen molar-refractivity contribution in [2.24, 2.45) is 21.0 Å². The van der Waals surface area contributed by atoms with Gasteiger partial charge >= 0.3 is 5.09 Å². The van der Waals surface area contributed by atoms with Gasteiger partial charge in [-0.3, -0.25) is 0 Å². The Morgan fingerprint density at radius 3 is 1.94 bits per heavy atom. The van der Waals surface area contributed by atoms with Gasteiger partial charge < -0.3 is 25.4 Å². The molecule has 0 aliphatic heterocycles. The molecule has 2 aromatic carbocycles. The van der Waals surface area contributed by atoms with E-state index in [1.54, 1.807) is 24.3 Å². The van der Waals surface area contributed by atoms with E-state index in [0.29, 0.717) is 35.8 Å². The molecule has 0 aliphatic carbocycles. The number of phenolic OH excluding ortho intramolecular Hbond substituents is 2. The summed E-state index contributed by atoms with van der Waals surface area (Å²) < 4.78 is 10.6. The average molecular weight is 449 g/mol. The quantitative estimate of drug-likeness (QED) is 0.197. The first-order valence-corrected chi connectivity index (χ1v) is 9.19. The summed E-state index contributed by atoms with van der Waals surface area (Å²) in [6.07, 6.45) is 2.97. The van der Waals surface area contributed by atoms with E-state index in [9.17, 15) is 10.2 Å². The maximum Gasteiger partial charge on any atom is 0.472 e. The second kappa shape index (κ2) is 13.6. The molecule has 13 nitrogen and oxygen atoms in total. The van der Waals surface area contributed by atoms with E-state index >= 15 is 0 Å². The monoisotopic (exact) mass is 449 g/mol. The lowest BCUT2D eigenvalue weighted by Gasteiger charge is -2.06. The van der Waals surface area contributed by atoms with Crippen molar-refractivity contribution in [3.05, 3.63) is 52.4 Å². The zero-order chi connectivity index (χ0) is 23.9. The fraction of sp³-hybridized carbons (Fsp3) is 0.211. The molecule has 0 aromatic heterocycles. The van der Waals surface area contributed by atoms with E-state index in [2.05, 4.69) is 20.7 Å². The number of guanidine groups is 1. The van der Waals surface area contributed by atoms with Gasteiger partial charge in [-0.15, -0.1) is 5.10 Å². The largest absolute Gasteiger partial charge is 0.504 e. The van der Waals surface area contributed by atoms with Crippen molar-refractivity contribution in [2.45, 2.75) is 13.8 Å². The van der Waals surface area contributed by atoms with E-state index in [0.717, 1.165) is 0 Å². The lowest BCUT2D eigenvalue weighted by atomic mass is 10.2. The molecule has 7 N–H and O–H groups in total. The topological polar surface area (TPSA) is 195 Å². The van der Waals surface area contributed by atoms with Crippen molar-refractivity contribution in [2.75, 3.05) is 13.2 Å². The lowest BCUT2D eigenvalue weighted by Crippen LogP contribution is -2.26. The molecule has 0 saturated heterocycles. The molecule has 0 spiro atoms. The smallest absolute Gasteiger partial charge is 0.472 e. The molecule has 32 heavy (non-hydrogen) atoms. The Balaban J connectivity index is 0.00000118. The van der Waals surface area contributed by atoms with Crippen molar-refractivity contribution in [1.82, 2.24) is 5.43 Å². The third-order valence-corrected chi connectivity index (χ3v) is 3.33. The molecule has 0 bridgehead atoms. The maximum absolute atomic E-state index is 9.67. The Morgan fingerprint density at radius 1 is 1.00 bits per heavy atom. The van der Waals surface area contributed by atoms with Crippen molar-refractivity contribution >= 4 is 18.4 Å². The molecular weight excluding hydrogens is 424 g/mol. The third-order valence-electron chi connectivity index (χ3n) is 3.33. The van der Waals surface area contributed by atoms with E-state index < -0.39 is 5.09 Å². The second-order valence-electron chi connectivity index (χ2n) is 5.67. The molecule has 0 atom stereocenters. The summed E-state index contributed by atoms with van der Waals surface area (Å²) in [7, 11) is 0. The minimum Gasteiger partial charge on any atom is -0.504 e. The summed E-state index contributed by atoms with van der Waals surface area (Å²) in [5.41, 5.74) is 9.62. The molecule has 0 aliphatic rings. The number of phenols is 2. The molecular formula is C19H25N6O7+. The van der Waals surface area contributed by atoms with E-state index in [-0.39, 0.29) is 17.5 Å². The SMILES string of the molecule is CCOc1cc(/C=N/N=C(\N)N/N=C/c2ccc(O)c(OCC)c2)ccc1O.O=[N+](O)O. The Labute approximate surface area is 183 Å². The van der Waals surface area contributed by atoms with Gasteiger partial charge in [0, 0.05) is 0 Å². The predicted octanol–water partition coefficient (Wildman–Crippen LogP) is 1.71. The highest BCUT2D eigenvalue weighted by Gasteiger charge is 2.03. The summed E-state index contributed by atoms with van der Waals surface area (Å²) in [6, 6.07) is 9.66. The average Bonchev–Trinajstić information content (AvgIpc) is 2.72. The van der Waals surface area contributed by atoms with Crippen LogP contribution in [0.1, 0.15) is 25.0 Å². The number of hydrogen-bond donors (Lipinski definition) is 6. The van der Waals surface area contributed by atoms with Crippen molar-refractivity contribution in [3.8, 4) is 23.0 Å². The van der Waals surface area contributed by atoms with Crippen LogP contribution in [0.2, 0.25) is 0 Å². The van der Waals surface area contributed by atoms with Crippen LogP contribution in [0.3, 0.4) is 0 Å². The van der Waals surface area contributed by atoms with Gasteiger partial charge in [-0.1, -0.05) is 0 Å². The molecule has 172 valence electrons. The van der Waals surface area contributed by atoms with Gasteiger partial charge in [0.2, 0.25) is 5.96 Å². The highest BCUT2D eigenvalue weighted by Crippen LogP contribution is 2.26. The Morgan fingerprint density at radius 2 is 1.47 bits per heavy atom. The highest BCUT2D eigenvalue weighted by atomic mass is 16.9. The van der Waals surface area contributed by atoms with Gasteiger partial charge in [0.25, 0.3) is 0 Å². The molecule has 2 aromatic rings. The van der Waals surface area contributed by atoms with Crippen LogP contribution in [-0.2, 0) is 0 Å². The number of nitrogens with two attached hydrogens (primary N) is 1. The third kappa shape index (κ3) is 9.78. The zero-order valence-corrected chi connectivity index (χ0v) is 17.4. The van der Waals surface area contributed by atoms with Crippen LogP contribution in [0, 0.1) is 4.91 Å². The van der Waals surface area contributed by atoms with Gasteiger partial charge in [-0.25, -0.2) is 15.8 Å². The first-order valence-electron chi connectivity index (χ1n) is 9.19. The minimum atomic E-state index is -1.25. The van der Waals surface area contributed by atoms with Crippen LogP contribution in [0.5, 0.6) is 23.0 Å². The first-order chi connectivity index (χ1) is 15.3. The number of hydrogen-bond acceptors (Lipinski definition) is 8. The predicted molar refractivity (Wildman–Crippen MR) is 116 cm³/mol. The van der Waals surface area contributed by atoms with Crippen molar-refractivity contribution < 1.29 is 35.2 Å². The van der Waals surface area contributed by atoms with Crippen LogP contribution in [-0.4, -0.2) is 57.3 Å².